The number of aryl methyl sites for hydroxylation is 1. The van der Waals surface area contributed by atoms with Gasteiger partial charge in [-0.25, -0.2) is 0 Å². The van der Waals surface area contributed by atoms with Gasteiger partial charge in [0.2, 0.25) is 0 Å². The highest BCUT2D eigenvalue weighted by Crippen LogP contribution is 2.31. The Hall–Kier alpha value is -1.02. The quantitative estimate of drug-likeness (QED) is 0.821. The summed E-state index contributed by atoms with van der Waals surface area (Å²) in [5.74, 6) is 0.978. The average Bonchev–Trinajstić information content (AvgIpc) is 2.29. The van der Waals surface area contributed by atoms with Crippen LogP contribution in [0.1, 0.15) is 37.8 Å². The molecule has 0 fully saturated rings. The summed E-state index contributed by atoms with van der Waals surface area (Å²) in [7, 11) is 1.73. The molecule has 1 rings (SSSR count). The zero-order chi connectivity index (χ0) is 12.9. The molecule has 0 amide bonds. The summed E-state index contributed by atoms with van der Waals surface area (Å²) in [6.07, 6.45) is 3.31. The van der Waals surface area contributed by atoms with Gasteiger partial charge in [-0.05, 0) is 43.4 Å². The van der Waals surface area contributed by atoms with Crippen LogP contribution in [-0.4, -0.2) is 13.7 Å². The molecule has 1 atom stereocenters. The number of rotatable bonds is 6. The van der Waals surface area contributed by atoms with Crippen LogP contribution in [0.2, 0.25) is 0 Å². The van der Waals surface area contributed by atoms with Crippen LogP contribution in [0.4, 0.5) is 0 Å². The molecule has 2 N–H and O–H groups in total. The van der Waals surface area contributed by atoms with Crippen LogP contribution < -0.4 is 10.5 Å². The number of methoxy groups -OCH3 is 1. The third-order valence-corrected chi connectivity index (χ3v) is 3.40. The summed E-state index contributed by atoms with van der Waals surface area (Å²) in [6, 6.07) is 6.35. The highest BCUT2D eigenvalue weighted by molar-refractivity contribution is 5.37. The van der Waals surface area contributed by atoms with E-state index in [-0.39, 0.29) is 5.41 Å². The van der Waals surface area contributed by atoms with E-state index >= 15 is 0 Å². The minimum absolute atomic E-state index is 0.176. The summed E-state index contributed by atoms with van der Waals surface area (Å²) in [6.45, 7) is 7.31. The first-order chi connectivity index (χ1) is 8.04. The van der Waals surface area contributed by atoms with E-state index in [1.807, 2.05) is 6.07 Å². The van der Waals surface area contributed by atoms with Crippen molar-refractivity contribution < 1.29 is 4.74 Å². The van der Waals surface area contributed by atoms with Gasteiger partial charge in [0.25, 0.3) is 0 Å². The second-order valence-corrected chi connectivity index (χ2v) is 5.26. The highest BCUT2D eigenvalue weighted by Gasteiger charge is 2.23. The fourth-order valence-electron chi connectivity index (χ4n) is 2.37. The number of hydrogen-bond donors (Lipinski definition) is 1. The molecule has 0 aliphatic carbocycles. The summed E-state index contributed by atoms with van der Waals surface area (Å²) in [4.78, 5) is 0. The maximum atomic E-state index is 5.93. The molecule has 0 saturated heterocycles. The molecule has 0 aliphatic heterocycles. The smallest absolute Gasteiger partial charge is 0.122 e. The molecule has 1 aromatic carbocycles. The zero-order valence-electron chi connectivity index (χ0n) is 11.5. The first-order valence-corrected chi connectivity index (χ1v) is 6.38. The van der Waals surface area contributed by atoms with Gasteiger partial charge in [-0.3, -0.25) is 0 Å². The Balaban J connectivity index is 2.95. The Morgan fingerprint density at radius 1 is 1.35 bits per heavy atom. The summed E-state index contributed by atoms with van der Waals surface area (Å²) in [5, 5.41) is 0. The Kier molecular flexibility index (Phi) is 5.01. The summed E-state index contributed by atoms with van der Waals surface area (Å²) in [5.41, 5.74) is 8.65. The van der Waals surface area contributed by atoms with Crippen LogP contribution >= 0.6 is 0 Å². The van der Waals surface area contributed by atoms with E-state index in [1.165, 1.54) is 17.5 Å². The molecule has 1 unspecified atom stereocenters. The Labute approximate surface area is 105 Å². The van der Waals surface area contributed by atoms with Crippen molar-refractivity contribution in [1.29, 1.82) is 0 Å². The Morgan fingerprint density at radius 3 is 2.59 bits per heavy atom. The van der Waals surface area contributed by atoms with Gasteiger partial charge < -0.3 is 10.5 Å². The second-order valence-electron chi connectivity index (χ2n) is 5.26. The molecule has 2 heteroatoms. The third kappa shape index (κ3) is 3.74. The molecule has 0 heterocycles. The molecule has 0 aliphatic rings. The Morgan fingerprint density at radius 2 is 2.06 bits per heavy atom. The first-order valence-electron chi connectivity index (χ1n) is 6.38. The highest BCUT2D eigenvalue weighted by atomic mass is 16.5. The largest absolute Gasteiger partial charge is 0.496 e. The zero-order valence-corrected chi connectivity index (χ0v) is 11.5. The van der Waals surface area contributed by atoms with Crippen molar-refractivity contribution in [1.82, 2.24) is 0 Å². The van der Waals surface area contributed by atoms with Gasteiger partial charge in [-0.2, -0.15) is 0 Å². The van der Waals surface area contributed by atoms with E-state index < -0.39 is 0 Å². The lowest BCUT2D eigenvalue weighted by molar-refractivity contribution is 0.296. The molecule has 0 aromatic heterocycles. The number of benzene rings is 1. The molecule has 0 bridgehead atoms. The monoisotopic (exact) mass is 235 g/mol. The molecular weight excluding hydrogens is 210 g/mol. The van der Waals surface area contributed by atoms with Gasteiger partial charge in [-0.1, -0.05) is 38.0 Å². The molecular formula is C15H25NO. The van der Waals surface area contributed by atoms with Crippen molar-refractivity contribution in [2.45, 2.75) is 40.0 Å². The van der Waals surface area contributed by atoms with E-state index in [9.17, 15) is 0 Å². The van der Waals surface area contributed by atoms with Crippen molar-refractivity contribution in [2.75, 3.05) is 13.7 Å². The maximum Gasteiger partial charge on any atom is 0.122 e. The Bertz CT molecular complexity index is 362. The number of nitrogens with two attached hydrogens (primary N) is 1. The number of hydrogen-bond acceptors (Lipinski definition) is 2. The van der Waals surface area contributed by atoms with Crippen molar-refractivity contribution in [3.63, 3.8) is 0 Å². The van der Waals surface area contributed by atoms with E-state index in [4.69, 9.17) is 10.5 Å². The summed E-state index contributed by atoms with van der Waals surface area (Å²) >= 11 is 0. The normalized spacial score (nSPS) is 14.4. The van der Waals surface area contributed by atoms with Crippen LogP contribution in [0.15, 0.2) is 18.2 Å². The van der Waals surface area contributed by atoms with Crippen molar-refractivity contribution in [3.05, 3.63) is 29.3 Å². The average molecular weight is 235 g/mol. The lowest BCUT2D eigenvalue weighted by Gasteiger charge is -2.28. The maximum absolute atomic E-state index is 5.93. The molecule has 96 valence electrons. The molecule has 0 spiro atoms. The van der Waals surface area contributed by atoms with Crippen molar-refractivity contribution >= 4 is 0 Å². The van der Waals surface area contributed by atoms with E-state index in [0.29, 0.717) is 0 Å². The molecule has 2 nitrogen and oxygen atoms in total. The van der Waals surface area contributed by atoms with Crippen molar-refractivity contribution in [3.8, 4) is 5.75 Å². The lowest BCUT2D eigenvalue weighted by Crippen LogP contribution is -2.29. The van der Waals surface area contributed by atoms with Crippen molar-refractivity contribution in [2.24, 2.45) is 11.1 Å². The van der Waals surface area contributed by atoms with Gasteiger partial charge in [0.1, 0.15) is 5.75 Å². The van der Waals surface area contributed by atoms with Gasteiger partial charge >= 0.3 is 0 Å². The fourth-order valence-corrected chi connectivity index (χ4v) is 2.37. The van der Waals surface area contributed by atoms with Gasteiger partial charge in [0.05, 0.1) is 7.11 Å². The van der Waals surface area contributed by atoms with Gasteiger partial charge in [0, 0.05) is 0 Å². The SMILES string of the molecule is CCCC(C)(CN)Cc1cc(C)ccc1OC. The van der Waals surface area contributed by atoms with Crippen LogP contribution in [-0.2, 0) is 6.42 Å². The van der Waals surface area contributed by atoms with E-state index in [0.717, 1.165) is 25.1 Å². The van der Waals surface area contributed by atoms with Crippen LogP contribution in [0.3, 0.4) is 0 Å². The molecule has 0 radical (unpaired) electrons. The minimum Gasteiger partial charge on any atom is -0.496 e. The van der Waals surface area contributed by atoms with Gasteiger partial charge in [-0.15, -0.1) is 0 Å². The molecule has 1 aromatic rings. The van der Waals surface area contributed by atoms with Crippen LogP contribution in [0.25, 0.3) is 0 Å². The predicted octanol–water partition coefficient (Wildman–Crippen LogP) is 3.31. The minimum atomic E-state index is 0.176. The van der Waals surface area contributed by atoms with Gasteiger partial charge in [0.15, 0.2) is 0 Å². The molecule has 17 heavy (non-hydrogen) atoms. The first kappa shape index (κ1) is 14.0. The fraction of sp³-hybridized carbons (Fsp3) is 0.600. The second kappa shape index (κ2) is 6.06. The van der Waals surface area contributed by atoms with E-state index in [1.54, 1.807) is 7.11 Å². The van der Waals surface area contributed by atoms with Crippen LogP contribution in [0.5, 0.6) is 5.75 Å². The van der Waals surface area contributed by atoms with E-state index in [2.05, 4.69) is 32.9 Å². The van der Waals surface area contributed by atoms with Crippen LogP contribution in [0, 0.1) is 12.3 Å². The lowest BCUT2D eigenvalue weighted by atomic mass is 9.79. The molecule has 0 saturated carbocycles. The predicted molar refractivity (Wildman–Crippen MR) is 73.5 cm³/mol. The third-order valence-electron chi connectivity index (χ3n) is 3.40. The topological polar surface area (TPSA) is 35.2 Å². The summed E-state index contributed by atoms with van der Waals surface area (Å²) < 4.78 is 5.43. The standard InChI is InChI=1S/C15H25NO/c1-5-8-15(3,11-16)10-13-9-12(2)6-7-14(13)17-4/h6-7,9H,5,8,10-11,16H2,1-4H3. The number of ether oxygens (including phenoxy) is 1.